The standard InChI is InChI=1S/C20H21N3O3S2/c1-28(25,26)23-19-9-6-16(7-10-19)8-11-20(24)22-12-13-27-15-18-5-3-2-4-17(18)14-21/h2-11,23H,12-13,15H2,1H3,(H,22,24)/b11-8+. The summed E-state index contributed by atoms with van der Waals surface area (Å²) in [7, 11) is -3.30. The van der Waals surface area contributed by atoms with Crippen molar-refractivity contribution in [1.29, 1.82) is 5.26 Å². The second-order valence-corrected chi connectivity index (χ2v) is 8.80. The molecule has 146 valence electrons. The predicted octanol–water partition coefficient (Wildman–Crippen LogP) is 2.99. The van der Waals surface area contributed by atoms with Gasteiger partial charge in [0, 0.05) is 29.8 Å². The Kier molecular flexibility index (Phi) is 8.11. The van der Waals surface area contributed by atoms with Crippen molar-refractivity contribution in [2.24, 2.45) is 0 Å². The van der Waals surface area contributed by atoms with E-state index in [0.29, 0.717) is 17.8 Å². The fraction of sp³-hybridized carbons (Fsp3) is 0.200. The van der Waals surface area contributed by atoms with Gasteiger partial charge in [-0.1, -0.05) is 30.3 Å². The molecule has 0 fully saturated rings. The van der Waals surface area contributed by atoms with Crippen LogP contribution in [0.15, 0.2) is 54.6 Å². The molecule has 0 radical (unpaired) electrons. The average Bonchev–Trinajstić information content (AvgIpc) is 2.66. The Morgan fingerprint density at radius 3 is 2.57 bits per heavy atom. The van der Waals surface area contributed by atoms with E-state index >= 15 is 0 Å². The number of hydrogen-bond donors (Lipinski definition) is 2. The van der Waals surface area contributed by atoms with Gasteiger partial charge in [-0.2, -0.15) is 17.0 Å². The molecule has 8 heteroatoms. The summed E-state index contributed by atoms with van der Waals surface area (Å²) in [6.07, 6.45) is 4.19. The molecule has 28 heavy (non-hydrogen) atoms. The molecule has 0 aliphatic heterocycles. The van der Waals surface area contributed by atoms with Crippen LogP contribution in [-0.2, 0) is 20.6 Å². The zero-order valence-corrected chi connectivity index (χ0v) is 17.0. The molecule has 0 aliphatic carbocycles. The normalized spacial score (nSPS) is 11.1. The van der Waals surface area contributed by atoms with Gasteiger partial charge >= 0.3 is 0 Å². The zero-order chi connectivity index (χ0) is 20.4. The molecule has 0 unspecified atom stereocenters. The van der Waals surface area contributed by atoms with Crippen LogP contribution in [-0.4, -0.2) is 32.9 Å². The van der Waals surface area contributed by atoms with Crippen LogP contribution in [0.2, 0.25) is 0 Å². The summed E-state index contributed by atoms with van der Waals surface area (Å²) in [5, 5.41) is 11.9. The lowest BCUT2D eigenvalue weighted by Crippen LogP contribution is -2.23. The molecule has 0 spiro atoms. The Morgan fingerprint density at radius 2 is 1.89 bits per heavy atom. The highest BCUT2D eigenvalue weighted by atomic mass is 32.2. The second-order valence-electron chi connectivity index (χ2n) is 5.94. The Morgan fingerprint density at radius 1 is 1.18 bits per heavy atom. The van der Waals surface area contributed by atoms with Crippen LogP contribution >= 0.6 is 11.8 Å². The maximum Gasteiger partial charge on any atom is 0.244 e. The first kappa shape index (κ1) is 21.5. The van der Waals surface area contributed by atoms with Gasteiger partial charge < -0.3 is 5.32 Å². The Labute approximate surface area is 169 Å². The molecule has 0 saturated carbocycles. The van der Waals surface area contributed by atoms with E-state index in [4.69, 9.17) is 5.26 Å². The third kappa shape index (κ3) is 7.86. The lowest BCUT2D eigenvalue weighted by molar-refractivity contribution is -0.116. The van der Waals surface area contributed by atoms with Crippen LogP contribution in [0.25, 0.3) is 6.08 Å². The van der Waals surface area contributed by atoms with E-state index < -0.39 is 10.0 Å². The van der Waals surface area contributed by atoms with Gasteiger partial charge in [0.15, 0.2) is 0 Å². The van der Waals surface area contributed by atoms with E-state index in [0.717, 1.165) is 28.9 Å². The van der Waals surface area contributed by atoms with Gasteiger partial charge in [0.1, 0.15) is 0 Å². The first-order valence-electron chi connectivity index (χ1n) is 8.47. The summed E-state index contributed by atoms with van der Waals surface area (Å²) in [6, 6.07) is 16.4. The quantitative estimate of drug-likeness (QED) is 0.484. The first-order valence-corrected chi connectivity index (χ1v) is 11.5. The van der Waals surface area contributed by atoms with Crippen LogP contribution < -0.4 is 10.0 Å². The van der Waals surface area contributed by atoms with Crippen LogP contribution in [0.1, 0.15) is 16.7 Å². The Balaban J connectivity index is 1.71. The number of carbonyl (C=O) groups excluding carboxylic acids is 1. The molecule has 0 saturated heterocycles. The van der Waals surface area contributed by atoms with Gasteiger partial charge in [-0.15, -0.1) is 0 Å². The van der Waals surface area contributed by atoms with Crippen molar-refractivity contribution in [3.8, 4) is 6.07 Å². The molecule has 0 aromatic heterocycles. The van der Waals surface area contributed by atoms with Gasteiger partial charge in [0.05, 0.1) is 17.9 Å². The highest BCUT2D eigenvalue weighted by Gasteiger charge is 2.02. The van der Waals surface area contributed by atoms with E-state index in [-0.39, 0.29) is 5.91 Å². The molecule has 2 rings (SSSR count). The number of nitrogens with one attached hydrogen (secondary N) is 2. The maximum atomic E-state index is 11.9. The number of thioether (sulfide) groups is 1. The smallest absolute Gasteiger partial charge is 0.244 e. The second kappa shape index (κ2) is 10.5. The van der Waals surface area contributed by atoms with Gasteiger partial charge in [-0.3, -0.25) is 9.52 Å². The third-order valence-corrected chi connectivity index (χ3v) is 5.20. The van der Waals surface area contributed by atoms with Gasteiger partial charge in [-0.05, 0) is 35.4 Å². The molecular weight excluding hydrogens is 394 g/mol. The van der Waals surface area contributed by atoms with E-state index in [1.54, 1.807) is 48.2 Å². The summed E-state index contributed by atoms with van der Waals surface area (Å²) in [5.41, 5.74) is 2.94. The minimum atomic E-state index is -3.30. The summed E-state index contributed by atoms with van der Waals surface area (Å²) in [5.74, 6) is 1.27. The molecule has 6 nitrogen and oxygen atoms in total. The SMILES string of the molecule is CS(=O)(=O)Nc1ccc(/C=C/C(=O)NCCSCc2ccccc2C#N)cc1. The van der Waals surface area contributed by atoms with Crippen molar-refractivity contribution in [2.45, 2.75) is 5.75 Å². The minimum absolute atomic E-state index is 0.198. The van der Waals surface area contributed by atoms with E-state index in [2.05, 4.69) is 16.1 Å². The van der Waals surface area contributed by atoms with Crippen molar-refractivity contribution in [2.75, 3.05) is 23.3 Å². The summed E-state index contributed by atoms with van der Waals surface area (Å²) < 4.78 is 24.7. The zero-order valence-electron chi connectivity index (χ0n) is 15.4. The number of nitriles is 1. The summed E-state index contributed by atoms with van der Waals surface area (Å²) >= 11 is 1.65. The van der Waals surface area contributed by atoms with Crippen molar-refractivity contribution in [3.63, 3.8) is 0 Å². The number of anilines is 1. The molecule has 2 N–H and O–H groups in total. The number of hydrogen-bond acceptors (Lipinski definition) is 5. The molecule has 2 aromatic rings. The molecular formula is C20H21N3O3S2. The van der Waals surface area contributed by atoms with E-state index in [9.17, 15) is 13.2 Å². The van der Waals surface area contributed by atoms with Crippen molar-refractivity contribution >= 4 is 39.5 Å². The third-order valence-electron chi connectivity index (χ3n) is 3.58. The number of carbonyl (C=O) groups is 1. The number of amides is 1. The Hall–Kier alpha value is -2.76. The van der Waals surface area contributed by atoms with Gasteiger partial charge in [-0.25, -0.2) is 8.42 Å². The van der Waals surface area contributed by atoms with Gasteiger partial charge in [0.25, 0.3) is 0 Å². The van der Waals surface area contributed by atoms with E-state index in [1.807, 2.05) is 18.2 Å². The molecule has 0 heterocycles. The largest absolute Gasteiger partial charge is 0.352 e. The van der Waals surface area contributed by atoms with Crippen molar-refractivity contribution in [3.05, 3.63) is 71.3 Å². The number of rotatable bonds is 9. The lowest BCUT2D eigenvalue weighted by Gasteiger charge is -2.05. The number of sulfonamides is 1. The molecule has 2 aromatic carbocycles. The van der Waals surface area contributed by atoms with Crippen LogP contribution in [0.4, 0.5) is 5.69 Å². The molecule has 0 atom stereocenters. The lowest BCUT2D eigenvalue weighted by atomic mass is 10.1. The van der Waals surface area contributed by atoms with Crippen LogP contribution in [0.3, 0.4) is 0 Å². The van der Waals surface area contributed by atoms with Crippen LogP contribution in [0.5, 0.6) is 0 Å². The number of benzene rings is 2. The maximum absolute atomic E-state index is 11.9. The first-order chi connectivity index (χ1) is 13.4. The topological polar surface area (TPSA) is 99.1 Å². The van der Waals surface area contributed by atoms with Gasteiger partial charge in [0.2, 0.25) is 15.9 Å². The van der Waals surface area contributed by atoms with Crippen molar-refractivity contribution in [1.82, 2.24) is 5.32 Å². The van der Waals surface area contributed by atoms with Crippen LogP contribution in [0, 0.1) is 11.3 Å². The minimum Gasteiger partial charge on any atom is -0.352 e. The monoisotopic (exact) mass is 415 g/mol. The molecule has 1 amide bonds. The fourth-order valence-corrected chi connectivity index (χ4v) is 3.72. The fourth-order valence-electron chi connectivity index (χ4n) is 2.29. The summed E-state index contributed by atoms with van der Waals surface area (Å²) in [4.78, 5) is 11.9. The molecule has 0 aliphatic rings. The van der Waals surface area contributed by atoms with Crippen molar-refractivity contribution < 1.29 is 13.2 Å². The highest BCUT2D eigenvalue weighted by Crippen LogP contribution is 2.15. The predicted molar refractivity (Wildman–Crippen MR) is 114 cm³/mol. The summed E-state index contributed by atoms with van der Waals surface area (Å²) in [6.45, 7) is 0.528. The number of nitrogens with zero attached hydrogens (tertiary/aromatic N) is 1. The Bertz CT molecular complexity index is 979. The average molecular weight is 416 g/mol. The van der Waals surface area contributed by atoms with E-state index in [1.165, 1.54) is 6.08 Å². The molecule has 0 bridgehead atoms. The highest BCUT2D eigenvalue weighted by molar-refractivity contribution is 7.98.